The van der Waals surface area contributed by atoms with Crippen molar-refractivity contribution in [2.75, 3.05) is 6.61 Å². The topological polar surface area (TPSA) is 50.1 Å². The molecule has 0 aliphatic carbocycles. The molecule has 0 atom stereocenters. The second-order valence-corrected chi connectivity index (χ2v) is 4.84. The second kappa shape index (κ2) is 5.13. The van der Waals surface area contributed by atoms with Gasteiger partial charge in [-0.05, 0) is 24.2 Å². The summed E-state index contributed by atoms with van der Waals surface area (Å²) in [6.07, 6.45) is 0. The van der Waals surface area contributed by atoms with E-state index in [0.29, 0.717) is 10.8 Å². The highest BCUT2D eigenvalue weighted by Gasteiger charge is 2.20. The van der Waals surface area contributed by atoms with Crippen molar-refractivity contribution in [3.8, 4) is 6.07 Å². The molecule has 14 heavy (non-hydrogen) atoms. The van der Waals surface area contributed by atoms with Gasteiger partial charge in [-0.2, -0.15) is 5.26 Å². The zero-order chi connectivity index (χ0) is 10.6. The normalized spacial score (nSPS) is 18.5. The lowest BCUT2D eigenvalue weighted by Gasteiger charge is -2.01. The third-order valence-electron chi connectivity index (χ3n) is 1.38. The second-order valence-electron chi connectivity index (χ2n) is 2.44. The van der Waals surface area contributed by atoms with E-state index < -0.39 is 5.97 Å². The number of hydrogen-bond acceptors (Lipinski definition) is 5. The molecule has 0 aromatic rings. The number of rotatable bonds is 2. The fraction of sp³-hybridized carbons (Fsp3) is 0.333. The molecule has 0 amide bonds. The van der Waals surface area contributed by atoms with Gasteiger partial charge in [0, 0.05) is 0 Å². The van der Waals surface area contributed by atoms with E-state index in [1.165, 1.54) is 23.5 Å². The number of carbonyl (C=O) groups excluding carboxylic acids is 1. The molecular weight excluding hydrogens is 218 g/mol. The first-order valence-electron chi connectivity index (χ1n) is 4.01. The summed E-state index contributed by atoms with van der Waals surface area (Å²) in [5.74, 6) is -0.534. The highest BCUT2D eigenvalue weighted by atomic mass is 32.2. The largest absolute Gasteiger partial charge is 0.462 e. The van der Waals surface area contributed by atoms with Crippen LogP contribution in [0.5, 0.6) is 0 Å². The predicted octanol–water partition coefficient (Wildman–Crippen LogP) is 2.63. The Morgan fingerprint density at radius 2 is 2.43 bits per heavy atom. The van der Waals surface area contributed by atoms with Crippen LogP contribution in [0, 0.1) is 11.3 Å². The minimum absolute atomic E-state index is 0.106. The lowest BCUT2D eigenvalue weighted by atomic mass is 10.3. The summed E-state index contributed by atoms with van der Waals surface area (Å²) in [5.41, 5.74) is 0.106. The summed E-state index contributed by atoms with van der Waals surface area (Å²) < 4.78 is 5.48. The van der Waals surface area contributed by atoms with Crippen molar-refractivity contribution in [3.05, 3.63) is 20.1 Å². The van der Waals surface area contributed by atoms with Crippen LogP contribution in [-0.4, -0.2) is 12.6 Å². The van der Waals surface area contributed by atoms with Crippen molar-refractivity contribution in [3.63, 3.8) is 0 Å². The molecule has 74 valence electrons. The van der Waals surface area contributed by atoms with Crippen LogP contribution in [0.25, 0.3) is 0 Å². The number of nitrogens with zero attached hydrogens (tertiary/aromatic N) is 1. The molecule has 1 heterocycles. The zero-order valence-corrected chi connectivity index (χ0v) is 9.50. The van der Waals surface area contributed by atoms with Crippen molar-refractivity contribution in [1.82, 2.24) is 0 Å². The Kier molecular flexibility index (Phi) is 4.11. The summed E-state index contributed by atoms with van der Waals surface area (Å²) >= 11 is 2.83. The summed E-state index contributed by atoms with van der Waals surface area (Å²) in [5, 5.41) is 10.7. The van der Waals surface area contributed by atoms with Crippen molar-refractivity contribution < 1.29 is 9.53 Å². The SMILES string of the molecule is CCOC(=O)/C(C#N)=C1/SC=C(C)S1. The molecular formula is C9H9NO2S2. The van der Waals surface area contributed by atoms with Gasteiger partial charge in [-0.15, -0.1) is 0 Å². The molecule has 1 aliphatic rings. The van der Waals surface area contributed by atoms with Crippen LogP contribution in [0.2, 0.25) is 0 Å². The van der Waals surface area contributed by atoms with Gasteiger partial charge in [-0.1, -0.05) is 23.5 Å². The lowest BCUT2D eigenvalue weighted by molar-refractivity contribution is -0.138. The monoisotopic (exact) mass is 227 g/mol. The Morgan fingerprint density at radius 1 is 1.71 bits per heavy atom. The van der Waals surface area contributed by atoms with E-state index in [4.69, 9.17) is 10.00 Å². The van der Waals surface area contributed by atoms with Crippen LogP contribution >= 0.6 is 23.5 Å². The van der Waals surface area contributed by atoms with E-state index in [0.717, 1.165) is 4.91 Å². The van der Waals surface area contributed by atoms with Crippen molar-refractivity contribution >= 4 is 29.5 Å². The number of hydrogen-bond donors (Lipinski definition) is 0. The van der Waals surface area contributed by atoms with Gasteiger partial charge in [0.25, 0.3) is 0 Å². The minimum Gasteiger partial charge on any atom is -0.462 e. The highest BCUT2D eigenvalue weighted by Crippen LogP contribution is 2.44. The average molecular weight is 227 g/mol. The van der Waals surface area contributed by atoms with E-state index in [2.05, 4.69) is 0 Å². The smallest absolute Gasteiger partial charge is 0.350 e. The van der Waals surface area contributed by atoms with Gasteiger partial charge in [-0.3, -0.25) is 0 Å². The number of ether oxygens (including phenoxy) is 1. The van der Waals surface area contributed by atoms with Gasteiger partial charge < -0.3 is 4.74 Å². The standard InChI is InChI=1S/C9H9NO2S2/c1-3-12-8(11)7(4-10)9-13-5-6(2)14-9/h5H,3H2,1-2H3/b9-7-. The summed E-state index contributed by atoms with van der Waals surface area (Å²) in [4.78, 5) is 12.4. The number of thioether (sulfide) groups is 2. The first kappa shape index (κ1) is 11.2. The van der Waals surface area contributed by atoms with Crippen LogP contribution in [0.3, 0.4) is 0 Å². The number of esters is 1. The molecule has 1 aliphatic heterocycles. The average Bonchev–Trinajstić information content (AvgIpc) is 2.54. The highest BCUT2D eigenvalue weighted by molar-refractivity contribution is 8.28. The van der Waals surface area contributed by atoms with E-state index in [-0.39, 0.29) is 5.57 Å². The van der Waals surface area contributed by atoms with Gasteiger partial charge in [0.2, 0.25) is 0 Å². The maximum absolute atomic E-state index is 11.3. The van der Waals surface area contributed by atoms with E-state index in [1.807, 2.05) is 18.4 Å². The first-order chi connectivity index (χ1) is 6.69. The van der Waals surface area contributed by atoms with Gasteiger partial charge in [0.05, 0.1) is 10.8 Å². The molecule has 0 aromatic heterocycles. The van der Waals surface area contributed by atoms with Crippen molar-refractivity contribution in [1.29, 1.82) is 5.26 Å². The third kappa shape index (κ3) is 2.56. The zero-order valence-electron chi connectivity index (χ0n) is 7.86. The van der Waals surface area contributed by atoms with Gasteiger partial charge in [-0.25, -0.2) is 4.79 Å². The molecule has 0 N–H and O–H groups in total. The maximum atomic E-state index is 11.3. The lowest BCUT2D eigenvalue weighted by Crippen LogP contribution is -2.07. The van der Waals surface area contributed by atoms with Crippen molar-refractivity contribution in [2.24, 2.45) is 0 Å². The predicted molar refractivity (Wildman–Crippen MR) is 58.2 cm³/mol. The van der Waals surface area contributed by atoms with E-state index in [9.17, 15) is 4.79 Å². The van der Waals surface area contributed by atoms with Gasteiger partial charge in [0.15, 0.2) is 5.57 Å². The number of carbonyl (C=O) groups is 1. The third-order valence-corrected chi connectivity index (χ3v) is 3.79. The molecule has 0 unspecified atom stereocenters. The fourth-order valence-corrected chi connectivity index (χ4v) is 2.93. The molecule has 0 bridgehead atoms. The summed E-state index contributed by atoms with van der Waals surface area (Å²) in [6.45, 7) is 3.94. The molecule has 0 saturated heterocycles. The summed E-state index contributed by atoms with van der Waals surface area (Å²) in [6, 6.07) is 1.88. The molecule has 5 heteroatoms. The van der Waals surface area contributed by atoms with E-state index in [1.54, 1.807) is 6.92 Å². The van der Waals surface area contributed by atoms with Crippen molar-refractivity contribution in [2.45, 2.75) is 13.8 Å². The summed E-state index contributed by atoms with van der Waals surface area (Å²) in [7, 11) is 0. The number of nitriles is 1. The number of allylic oxidation sites excluding steroid dienone is 1. The van der Waals surface area contributed by atoms with Gasteiger partial charge in [0.1, 0.15) is 6.07 Å². The molecule has 0 saturated carbocycles. The first-order valence-corrected chi connectivity index (χ1v) is 5.71. The van der Waals surface area contributed by atoms with Crippen LogP contribution in [0.4, 0.5) is 0 Å². The quantitative estimate of drug-likeness (QED) is 0.412. The van der Waals surface area contributed by atoms with Crippen LogP contribution in [0.1, 0.15) is 13.8 Å². The van der Waals surface area contributed by atoms with Crippen LogP contribution < -0.4 is 0 Å². The molecule has 0 radical (unpaired) electrons. The molecule has 1 rings (SSSR count). The fourth-order valence-electron chi connectivity index (χ4n) is 0.819. The molecule has 0 fully saturated rings. The van der Waals surface area contributed by atoms with Gasteiger partial charge >= 0.3 is 5.97 Å². The Bertz CT molecular complexity index is 352. The van der Waals surface area contributed by atoms with Crippen LogP contribution in [0.15, 0.2) is 20.1 Å². The minimum atomic E-state index is -0.534. The maximum Gasteiger partial charge on any atom is 0.350 e. The Hall–Kier alpha value is -0.860. The Labute approximate surface area is 91.2 Å². The Balaban J connectivity index is 2.83. The molecule has 0 spiro atoms. The molecule has 0 aromatic carbocycles. The molecule has 3 nitrogen and oxygen atoms in total. The van der Waals surface area contributed by atoms with Crippen LogP contribution in [-0.2, 0) is 9.53 Å². The Morgan fingerprint density at radius 3 is 2.86 bits per heavy atom. The van der Waals surface area contributed by atoms with E-state index >= 15 is 0 Å².